The van der Waals surface area contributed by atoms with Crippen LogP contribution in [0.4, 0.5) is 4.39 Å². The molecule has 0 heterocycles. The summed E-state index contributed by atoms with van der Waals surface area (Å²) in [6, 6.07) is 19.5. The van der Waals surface area contributed by atoms with Gasteiger partial charge in [-0.25, -0.2) is 4.39 Å². The Bertz CT molecular complexity index is 846. The van der Waals surface area contributed by atoms with Crippen LogP contribution in [0.5, 0.6) is 5.75 Å². The highest BCUT2D eigenvalue weighted by Gasteiger charge is 2.10. The summed E-state index contributed by atoms with van der Waals surface area (Å²) in [4.78, 5) is 12.0. The molecule has 122 valence electrons. The number of rotatable bonds is 5. The predicted molar refractivity (Wildman–Crippen MR) is 92.4 cm³/mol. The number of hydrogen-bond acceptors (Lipinski definition) is 2. The van der Waals surface area contributed by atoms with Crippen LogP contribution in [-0.4, -0.2) is 12.5 Å². The lowest BCUT2D eigenvalue weighted by Crippen LogP contribution is -2.31. The van der Waals surface area contributed by atoms with Crippen LogP contribution in [0.3, 0.4) is 0 Å². The van der Waals surface area contributed by atoms with Crippen LogP contribution >= 0.6 is 0 Å². The molecule has 3 aromatic rings. The van der Waals surface area contributed by atoms with E-state index in [1.54, 1.807) is 12.1 Å². The monoisotopic (exact) mass is 323 g/mol. The summed E-state index contributed by atoms with van der Waals surface area (Å²) in [5, 5.41) is 5.03. The topological polar surface area (TPSA) is 38.3 Å². The smallest absolute Gasteiger partial charge is 0.258 e. The van der Waals surface area contributed by atoms with Gasteiger partial charge in [0.1, 0.15) is 11.6 Å². The maximum Gasteiger partial charge on any atom is 0.258 e. The Morgan fingerprint density at radius 3 is 2.50 bits per heavy atom. The fraction of sp³-hybridized carbons (Fsp3) is 0.150. The molecule has 0 aliphatic rings. The van der Waals surface area contributed by atoms with Gasteiger partial charge in [0.05, 0.1) is 6.04 Å². The molecular weight excluding hydrogens is 305 g/mol. The van der Waals surface area contributed by atoms with E-state index in [0.717, 1.165) is 16.3 Å². The zero-order valence-corrected chi connectivity index (χ0v) is 13.3. The van der Waals surface area contributed by atoms with Crippen LogP contribution in [-0.2, 0) is 4.79 Å². The SMILES string of the molecule is C[C@H](NC(=O)COc1ccc2ccccc2c1)c1ccc(F)cc1. The molecular formula is C20H18FNO2. The van der Waals surface area contributed by atoms with Crippen LogP contribution in [0.1, 0.15) is 18.5 Å². The van der Waals surface area contributed by atoms with E-state index in [4.69, 9.17) is 4.74 Å². The van der Waals surface area contributed by atoms with Gasteiger partial charge in [-0.3, -0.25) is 4.79 Å². The molecule has 0 saturated carbocycles. The summed E-state index contributed by atoms with van der Waals surface area (Å²) in [5.74, 6) is 0.134. The molecule has 3 nitrogen and oxygen atoms in total. The minimum Gasteiger partial charge on any atom is -0.484 e. The summed E-state index contributed by atoms with van der Waals surface area (Å²) < 4.78 is 18.5. The van der Waals surface area contributed by atoms with Gasteiger partial charge in [0.2, 0.25) is 0 Å². The Morgan fingerprint density at radius 2 is 1.75 bits per heavy atom. The zero-order valence-electron chi connectivity index (χ0n) is 13.3. The molecule has 0 aliphatic carbocycles. The zero-order chi connectivity index (χ0) is 16.9. The summed E-state index contributed by atoms with van der Waals surface area (Å²) in [6.07, 6.45) is 0. The lowest BCUT2D eigenvalue weighted by Gasteiger charge is -2.15. The van der Waals surface area contributed by atoms with Gasteiger partial charge in [-0.2, -0.15) is 0 Å². The molecule has 0 aliphatic heterocycles. The third-order valence-electron chi connectivity index (χ3n) is 3.84. The summed E-state index contributed by atoms with van der Waals surface area (Å²) in [5.41, 5.74) is 0.843. The highest BCUT2D eigenvalue weighted by molar-refractivity contribution is 5.84. The molecule has 0 bridgehead atoms. The predicted octanol–water partition coefficient (Wildman–Crippen LogP) is 4.24. The van der Waals surface area contributed by atoms with E-state index in [-0.39, 0.29) is 24.4 Å². The lowest BCUT2D eigenvalue weighted by molar-refractivity contribution is -0.123. The van der Waals surface area contributed by atoms with Crippen molar-refractivity contribution >= 4 is 16.7 Å². The third kappa shape index (κ3) is 3.90. The summed E-state index contributed by atoms with van der Waals surface area (Å²) in [7, 11) is 0. The summed E-state index contributed by atoms with van der Waals surface area (Å²) in [6.45, 7) is 1.78. The molecule has 0 fully saturated rings. The first-order chi connectivity index (χ1) is 11.6. The van der Waals surface area contributed by atoms with E-state index in [0.29, 0.717) is 5.75 Å². The second-order valence-electron chi connectivity index (χ2n) is 5.64. The second-order valence-corrected chi connectivity index (χ2v) is 5.64. The van der Waals surface area contributed by atoms with Crippen molar-refractivity contribution in [2.45, 2.75) is 13.0 Å². The first-order valence-electron chi connectivity index (χ1n) is 7.78. The van der Waals surface area contributed by atoms with Crippen LogP contribution in [0, 0.1) is 5.82 Å². The number of halogens is 1. The Morgan fingerprint density at radius 1 is 1.04 bits per heavy atom. The average molecular weight is 323 g/mol. The first-order valence-corrected chi connectivity index (χ1v) is 7.78. The molecule has 4 heteroatoms. The molecule has 0 saturated heterocycles. The Labute approximate surface area is 140 Å². The van der Waals surface area contributed by atoms with E-state index < -0.39 is 0 Å². The summed E-state index contributed by atoms with van der Waals surface area (Å²) >= 11 is 0. The van der Waals surface area contributed by atoms with Crippen molar-refractivity contribution in [1.29, 1.82) is 0 Å². The van der Waals surface area contributed by atoms with Crippen molar-refractivity contribution in [3.05, 3.63) is 78.1 Å². The van der Waals surface area contributed by atoms with Crippen molar-refractivity contribution in [2.75, 3.05) is 6.61 Å². The molecule has 0 aromatic heterocycles. The molecule has 0 unspecified atom stereocenters. The molecule has 1 atom stereocenters. The van der Waals surface area contributed by atoms with Crippen molar-refractivity contribution in [3.63, 3.8) is 0 Å². The van der Waals surface area contributed by atoms with Crippen LogP contribution in [0.25, 0.3) is 10.8 Å². The van der Waals surface area contributed by atoms with Gasteiger partial charge in [0.15, 0.2) is 6.61 Å². The lowest BCUT2D eigenvalue weighted by atomic mass is 10.1. The molecule has 1 N–H and O–H groups in total. The highest BCUT2D eigenvalue weighted by Crippen LogP contribution is 2.20. The van der Waals surface area contributed by atoms with Gasteiger partial charge in [-0.05, 0) is 47.5 Å². The van der Waals surface area contributed by atoms with Crippen molar-refractivity contribution in [1.82, 2.24) is 5.32 Å². The van der Waals surface area contributed by atoms with Gasteiger partial charge in [-0.15, -0.1) is 0 Å². The van der Waals surface area contributed by atoms with Gasteiger partial charge in [0, 0.05) is 0 Å². The van der Waals surface area contributed by atoms with Gasteiger partial charge in [-0.1, -0.05) is 42.5 Å². The Hall–Kier alpha value is -2.88. The number of carbonyl (C=O) groups is 1. The number of fused-ring (bicyclic) bond motifs is 1. The van der Waals surface area contributed by atoms with Crippen molar-refractivity contribution in [3.8, 4) is 5.75 Å². The maximum atomic E-state index is 12.9. The minimum absolute atomic E-state index is 0.0656. The molecule has 1 amide bonds. The van der Waals surface area contributed by atoms with Crippen molar-refractivity contribution in [2.24, 2.45) is 0 Å². The Balaban J connectivity index is 1.57. The number of carbonyl (C=O) groups excluding carboxylic acids is 1. The quantitative estimate of drug-likeness (QED) is 0.763. The van der Waals surface area contributed by atoms with Crippen molar-refractivity contribution < 1.29 is 13.9 Å². The van der Waals surface area contributed by atoms with Crippen LogP contribution in [0.2, 0.25) is 0 Å². The molecule has 0 spiro atoms. The van der Waals surface area contributed by atoms with Gasteiger partial charge >= 0.3 is 0 Å². The number of nitrogens with one attached hydrogen (secondary N) is 1. The van der Waals surface area contributed by atoms with E-state index in [2.05, 4.69) is 5.32 Å². The highest BCUT2D eigenvalue weighted by atomic mass is 19.1. The largest absolute Gasteiger partial charge is 0.484 e. The van der Waals surface area contributed by atoms with E-state index >= 15 is 0 Å². The number of ether oxygens (including phenoxy) is 1. The minimum atomic E-state index is -0.295. The third-order valence-corrected chi connectivity index (χ3v) is 3.84. The fourth-order valence-corrected chi connectivity index (χ4v) is 2.52. The normalized spacial score (nSPS) is 11.9. The number of hydrogen-bond donors (Lipinski definition) is 1. The Kier molecular flexibility index (Phi) is 4.75. The second kappa shape index (κ2) is 7.13. The standard InChI is InChI=1S/C20H18FNO2/c1-14(15-6-9-18(21)10-7-15)22-20(23)13-24-19-11-8-16-4-2-3-5-17(16)12-19/h2-12,14H,13H2,1H3,(H,22,23)/t14-/m0/s1. The maximum absolute atomic E-state index is 12.9. The fourth-order valence-electron chi connectivity index (χ4n) is 2.52. The van der Waals surface area contributed by atoms with Crippen LogP contribution < -0.4 is 10.1 Å². The van der Waals surface area contributed by atoms with E-state index in [1.807, 2.05) is 49.4 Å². The van der Waals surface area contributed by atoms with Gasteiger partial charge < -0.3 is 10.1 Å². The average Bonchev–Trinajstić information content (AvgIpc) is 2.60. The number of amides is 1. The molecule has 0 radical (unpaired) electrons. The van der Waals surface area contributed by atoms with E-state index in [1.165, 1.54) is 12.1 Å². The molecule has 3 aromatic carbocycles. The van der Waals surface area contributed by atoms with E-state index in [9.17, 15) is 9.18 Å². The number of benzene rings is 3. The van der Waals surface area contributed by atoms with Crippen LogP contribution in [0.15, 0.2) is 66.7 Å². The van der Waals surface area contributed by atoms with Gasteiger partial charge in [0.25, 0.3) is 5.91 Å². The first kappa shape index (κ1) is 16.0. The molecule has 24 heavy (non-hydrogen) atoms. The molecule has 3 rings (SSSR count).